The van der Waals surface area contributed by atoms with Gasteiger partial charge in [0.15, 0.2) is 0 Å². The SMILES string of the molecule is O[C@@H]1CN(CCNc2ncccn2)CC[C@H]1NCc1ccccc1. The minimum absolute atomic E-state index is 0.159. The van der Waals surface area contributed by atoms with Gasteiger partial charge in [-0.15, -0.1) is 0 Å². The van der Waals surface area contributed by atoms with Crippen molar-refractivity contribution in [2.45, 2.75) is 25.1 Å². The number of piperidine rings is 1. The first-order chi connectivity index (χ1) is 11.8. The molecule has 6 heteroatoms. The van der Waals surface area contributed by atoms with Crippen molar-refractivity contribution in [3.05, 3.63) is 54.4 Å². The second kappa shape index (κ2) is 8.73. The molecule has 2 heterocycles. The minimum atomic E-state index is -0.338. The first-order valence-corrected chi connectivity index (χ1v) is 8.50. The number of anilines is 1. The van der Waals surface area contributed by atoms with E-state index in [2.05, 4.69) is 37.6 Å². The quantitative estimate of drug-likeness (QED) is 0.708. The molecule has 24 heavy (non-hydrogen) atoms. The summed E-state index contributed by atoms with van der Waals surface area (Å²) in [6, 6.07) is 12.3. The Balaban J connectivity index is 1.37. The van der Waals surface area contributed by atoms with E-state index in [1.807, 2.05) is 18.2 Å². The third kappa shape index (κ3) is 4.99. The van der Waals surface area contributed by atoms with E-state index in [0.717, 1.165) is 32.6 Å². The normalized spacial score (nSPS) is 21.5. The van der Waals surface area contributed by atoms with Crippen LogP contribution in [-0.2, 0) is 6.54 Å². The number of aliphatic hydroxyl groups excluding tert-OH is 1. The number of β-amino-alcohol motifs (C(OH)–C–C–N with tert-alkyl or cyclic N) is 1. The lowest BCUT2D eigenvalue weighted by Crippen LogP contribution is -2.53. The summed E-state index contributed by atoms with van der Waals surface area (Å²) in [6.45, 7) is 4.14. The van der Waals surface area contributed by atoms with Crippen LogP contribution in [0.25, 0.3) is 0 Å². The van der Waals surface area contributed by atoms with Crippen molar-refractivity contribution in [1.29, 1.82) is 0 Å². The summed E-state index contributed by atoms with van der Waals surface area (Å²) in [6.07, 6.45) is 4.07. The lowest BCUT2D eigenvalue weighted by atomic mass is 10.0. The highest BCUT2D eigenvalue weighted by atomic mass is 16.3. The Morgan fingerprint density at radius 3 is 2.67 bits per heavy atom. The van der Waals surface area contributed by atoms with Crippen molar-refractivity contribution in [2.24, 2.45) is 0 Å². The van der Waals surface area contributed by atoms with Crippen molar-refractivity contribution in [1.82, 2.24) is 20.2 Å². The Morgan fingerprint density at radius 2 is 1.92 bits per heavy atom. The Labute approximate surface area is 142 Å². The minimum Gasteiger partial charge on any atom is -0.390 e. The van der Waals surface area contributed by atoms with E-state index in [1.54, 1.807) is 18.5 Å². The summed E-state index contributed by atoms with van der Waals surface area (Å²) in [5, 5.41) is 17.1. The van der Waals surface area contributed by atoms with Crippen molar-refractivity contribution in [3.8, 4) is 0 Å². The number of hydrogen-bond acceptors (Lipinski definition) is 6. The summed E-state index contributed by atoms with van der Waals surface area (Å²) in [4.78, 5) is 10.6. The van der Waals surface area contributed by atoms with Crippen LogP contribution in [0.1, 0.15) is 12.0 Å². The van der Waals surface area contributed by atoms with Crippen LogP contribution < -0.4 is 10.6 Å². The molecule has 128 valence electrons. The number of aliphatic hydroxyl groups is 1. The van der Waals surface area contributed by atoms with Gasteiger partial charge >= 0.3 is 0 Å². The van der Waals surface area contributed by atoms with Gasteiger partial charge in [0.25, 0.3) is 0 Å². The molecule has 6 nitrogen and oxygen atoms in total. The van der Waals surface area contributed by atoms with Crippen LogP contribution in [0, 0.1) is 0 Å². The lowest BCUT2D eigenvalue weighted by molar-refractivity contribution is 0.0417. The summed E-state index contributed by atoms with van der Waals surface area (Å²) < 4.78 is 0. The fourth-order valence-corrected chi connectivity index (χ4v) is 3.00. The van der Waals surface area contributed by atoms with Crippen molar-refractivity contribution in [2.75, 3.05) is 31.5 Å². The summed E-state index contributed by atoms with van der Waals surface area (Å²) in [5.41, 5.74) is 1.25. The fourth-order valence-electron chi connectivity index (χ4n) is 3.00. The molecular weight excluding hydrogens is 302 g/mol. The molecular formula is C18H25N5O. The Morgan fingerprint density at radius 1 is 1.12 bits per heavy atom. The maximum Gasteiger partial charge on any atom is 0.222 e. The van der Waals surface area contributed by atoms with Crippen molar-refractivity contribution < 1.29 is 5.11 Å². The van der Waals surface area contributed by atoms with E-state index in [4.69, 9.17) is 0 Å². The second-order valence-corrected chi connectivity index (χ2v) is 6.13. The zero-order valence-corrected chi connectivity index (χ0v) is 13.8. The predicted octanol–water partition coefficient (Wildman–Crippen LogP) is 1.11. The predicted molar refractivity (Wildman–Crippen MR) is 94.7 cm³/mol. The molecule has 0 amide bonds. The van der Waals surface area contributed by atoms with Gasteiger partial charge in [0, 0.05) is 44.6 Å². The molecule has 0 saturated carbocycles. The van der Waals surface area contributed by atoms with E-state index in [-0.39, 0.29) is 12.1 Å². The van der Waals surface area contributed by atoms with E-state index in [0.29, 0.717) is 12.5 Å². The van der Waals surface area contributed by atoms with Gasteiger partial charge in [-0.3, -0.25) is 4.90 Å². The van der Waals surface area contributed by atoms with Crippen LogP contribution in [0.3, 0.4) is 0 Å². The van der Waals surface area contributed by atoms with Crippen molar-refractivity contribution >= 4 is 5.95 Å². The fraction of sp³-hybridized carbons (Fsp3) is 0.444. The van der Waals surface area contributed by atoms with E-state index >= 15 is 0 Å². The highest BCUT2D eigenvalue weighted by Crippen LogP contribution is 2.12. The third-order valence-corrected chi connectivity index (χ3v) is 4.35. The summed E-state index contributed by atoms with van der Waals surface area (Å²) >= 11 is 0. The van der Waals surface area contributed by atoms with Crippen LogP contribution in [-0.4, -0.2) is 58.3 Å². The number of rotatable bonds is 7. The molecule has 2 atom stereocenters. The monoisotopic (exact) mass is 327 g/mol. The molecule has 0 aliphatic carbocycles. The highest BCUT2D eigenvalue weighted by molar-refractivity contribution is 5.21. The zero-order chi connectivity index (χ0) is 16.6. The molecule has 1 aromatic heterocycles. The average Bonchev–Trinajstić information content (AvgIpc) is 2.63. The molecule has 2 aromatic rings. The lowest BCUT2D eigenvalue weighted by Gasteiger charge is -2.36. The van der Waals surface area contributed by atoms with Crippen molar-refractivity contribution in [3.63, 3.8) is 0 Å². The highest BCUT2D eigenvalue weighted by Gasteiger charge is 2.26. The first kappa shape index (κ1) is 16.8. The molecule has 1 aliphatic rings. The van der Waals surface area contributed by atoms with Crippen LogP contribution in [0.4, 0.5) is 5.95 Å². The van der Waals surface area contributed by atoms with Gasteiger partial charge in [0.2, 0.25) is 5.95 Å². The maximum absolute atomic E-state index is 10.4. The second-order valence-electron chi connectivity index (χ2n) is 6.13. The molecule has 0 radical (unpaired) electrons. The zero-order valence-electron chi connectivity index (χ0n) is 13.8. The molecule has 3 N–H and O–H groups in total. The number of likely N-dealkylation sites (tertiary alicyclic amines) is 1. The summed E-state index contributed by atoms with van der Waals surface area (Å²) in [7, 11) is 0. The molecule has 1 aromatic carbocycles. The molecule has 1 saturated heterocycles. The van der Waals surface area contributed by atoms with E-state index < -0.39 is 0 Å². The largest absolute Gasteiger partial charge is 0.390 e. The van der Waals surface area contributed by atoms with E-state index in [1.165, 1.54) is 5.56 Å². The van der Waals surface area contributed by atoms with Gasteiger partial charge in [-0.05, 0) is 24.6 Å². The molecule has 1 aliphatic heterocycles. The molecule has 0 spiro atoms. The van der Waals surface area contributed by atoms with Crippen LogP contribution in [0.5, 0.6) is 0 Å². The van der Waals surface area contributed by atoms with Gasteiger partial charge < -0.3 is 15.7 Å². The van der Waals surface area contributed by atoms with Gasteiger partial charge in [-0.2, -0.15) is 0 Å². The van der Waals surface area contributed by atoms with Gasteiger partial charge in [0.05, 0.1) is 6.10 Å². The Hall–Kier alpha value is -2.02. The number of hydrogen-bond donors (Lipinski definition) is 3. The summed E-state index contributed by atoms with van der Waals surface area (Å²) in [5.74, 6) is 0.650. The number of nitrogens with zero attached hydrogens (tertiary/aromatic N) is 3. The molecule has 0 unspecified atom stereocenters. The molecule has 0 bridgehead atoms. The standard InChI is InChI=1S/C18H25N5O/c24-17-14-23(12-10-21-18-19-8-4-9-20-18)11-7-16(17)22-13-15-5-2-1-3-6-15/h1-6,8-9,16-17,22,24H,7,10-14H2,(H,19,20,21)/t16-,17-/m1/s1. The topological polar surface area (TPSA) is 73.3 Å². The van der Waals surface area contributed by atoms with Crippen LogP contribution in [0.15, 0.2) is 48.8 Å². The van der Waals surface area contributed by atoms with Gasteiger partial charge in [0.1, 0.15) is 0 Å². The smallest absolute Gasteiger partial charge is 0.222 e. The third-order valence-electron chi connectivity index (χ3n) is 4.35. The Kier molecular flexibility index (Phi) is 6.12. The van der Waals surface area contributed by atoms with Gasteiger partial charge in [-0.1, -0.05) is 30.3 Å². The van der Waals surface area contributed by atoms with Crippen LogP contribution >= 0.6 is 0 Å². The van der Waals surface area contributed by atoms with E-state index in [9.17, 15) is 5.11 Å². The molecule has 1 fully saturated rings. The number of benzene rings is 1. The Bertz CT molecular complexity index is 595. The first-order valence-electron chi connectivity index (χ1n) is 8.50. The van der Waals surface area contributed by atoms with Gasteiger partial charge in [-0.25, -0.2) is 9.97 Å². The maximum atomic E-state index is 10.4. The number of aromatic nitrogens is 2. The average molecular weight is 327 g/mol. The number of nitrogens with one attached hydrogen (secondary N) is 2. The van der Waals surface area contributed by atoms with Crippen LogP contribution in [0.2, 0.25) is 0 Å². The molecule has 3 rings (SSSR count).